The third-order valence-electron chi connectivity index (χ3n) is 4.10. The lowest BCUT2D eigenvalue weighted by molar-refractivity contribution is 0.0523. The summed E-state index contributed by atoms with van der Waals surface area (Å²) < 4.78 is 5.31. The van der Waals surface area contributed by atoms with Crippen molar-refractivity contribution in [2.45, 2.75) is 39.0 Å². The largest absolute Gasteiger partial charge is 0.444 e. The van der Waals surface area contributed by atoms with Crippen molar-refractivity contribution in [3.8, 4) is 11.1 Å². The van der Waals surface area contributed by atoms with Gasteiger partial charge in [0.15, 0.2) is 0 Å². The Balaban J connectivity index is 1.91. The summed E-state index contributed by atoms with van der Waals surface area (Å²) in [5, 5.41) is 10.2. The zero-order valence-corrected chi connectivity index (χ0v) is 16.3. The van der Waals surface area contributed by atoms with Crippen LogP contribution in [0, 0.1) is 0 Å². The molecule has 7 heteroatoms. The number of H-pyrrole nitrogens is 1. The van der Waals surface area contributed by atoms with E-state index in [2.05, 4.69) is 20.5 Å². The molecule has 1 unspecified atom stereocenters. The lowest BCUT2D eigenvalue weighted by Crippen LogP contribution is -2.32. The number of carbonyl (C=O) groups is 1. The van der Waals surface area contributed by atoms with Crippen molar-refractivity contribution in [3.63, 3.8) is 0 Å². The molecule has 0 saturated heterocycles. The first-order valence-corrected chi connectivity index (χ1v) is 9.10. The number of pyridine rings is 1. The van der Waals surface area contributed by atoms with Crippen LogP contribution >= 0.6 is 0 Å². The molecule has 3 rings (SSSR count). The number of carbonyl (C=O) groups excluding carboxylic acids is 1. The number of benzene rings is 1. The minimum Gasteiger partial charge on any atom is -0.444 e. The maximum absolute atomic E-state index is 12.0. The topological polar surface area (TPSA) is 106 Å². The number of amides is 1. The van der Waals surface area contributed by atoms with Crippen LogP contribution < -0.4 is 11.1 Å². The van der Waals surface area contributed by atoms with Crippen LogP contribution in [0.3, 0.4) is 0 Å². The minimum atomic E-state index is -0.563. The van der Waals surface area contributed by atoms with E-state index in [-0.39, 0.29) is 6.54 Å². The van der Waals surface area contributed by atoms with Crippen LogP contribution in [0.25, 0.3) is 11.1 Å². The molecule has 2 aromatic heterocycles. The van der Waals surface area contributed by atoms with E-state index in [1.54, 1.807) is 12.4 Å². The van der Waals surface area contributed by atoms with Gasteiger partial charge in [0.2, 0.25) is 0 Å². The first-order chi connectivity index (χ1) is 13.3. The van der Waals surface area contributed by atoms with Crippen molar-refractivity contribution in [2.24, 2.45) is 5.73 Å². The quantitative estimate of drug-likeness (QED) is 0.629. The molecule has 4 N–H and O–H groups in total. The van der Waals surface area contributed by atoms with Crippen LogP contribution in [-0.2, 0) is 11.3 Å². The Kier molecular flexibility index (Phi) is 5.75. The monoisotopic (exact) mass is 379 g/mol. The number of hydrogen-bond acceptors (Lipinski definition) is 5. The molecule has 1 amide bonds. The van der Waals surface area contributed by atoms with Crippen LogP contribution in [0.15, 0.2) is 54.9 Å². The minimum absolute atomic E-state index is 0.237. The smallest absolute Gasteiger partial charge is 0.407 e. The van der Waals surface area contributed by atoms with E-state index in [4.69, 9.17) is 10.5 Å². The third kappa shape index (κ3) is 4.75. The molecule has 0 fully saturated rings. The van der Waals surface area contributed by atoms with Crippen molar-refractivity contribution in [1.29, 1.82) is 0 Å². The van der Waals surface area contributed by atoms with Gasteiger partial charge in [-0.3, -0.25) is 10.1 Å². The lowest BCUT2D eigenvalue weighted by atomic mass is 9.96. The number of aromatic nitrogens is 3. The van der Waals surface area contributed by atoms with Gasteiger partial charge in [-0.25, -0.2) is 4.79 Å². The van der Waals surface area contributed by atoms with E-state index < -0.39 is 17.7 Å². The number of nitrogens with one attached hydrogen (secondary N) is 2. The Labute approximate surface area is 164 Å². The molecule has 0 aliphatic carbocycles. The number of ether oxygens (including phenoxy) is 1. The second-order valence-electron chi connectivity index (χ2n) is 7.44. The number of alkyl carbamates (subject to hydrolysis) is 1. The van der Waals surface area contributed by atoms with Gasteiger partial charge in [0.25, 0.3) is 0 Å². The summed E-state index contributed by atoms with van der Waals surface area (Å²) in [5.41, 5.74) is 10.1. The van der Waals surface area contributed by atoms with Crippen molar-refractivity contribution in [3.05, 3.63) is 71.8 Å². The Morgan fingerprint density at radius 2 is 1.86 bits per heavy atom. The SMILES string of the molecule is CC(C)(C)OC(=O)NCc1[nH]nc(C(N)c2ccccc2)c1-c1ccncc1. The van der Waals surface area contributed by atoms with Gasteiger partial charge in [-0.1, -0.05) is 30.3 Å². The lowest BCUT2D eigenvalue weighted by Gasteiger charge is -2.19. The summed E-state index contributed by atoms with van der Waals surface area (Å²) in [6.45, 7) is 5.70. The maximum atomic E-state index is 12.0. The van der Waals surface area contributed by atoms with Crippen molar-refractivity contribution >= 4 is 6.09 Å². The molecule has 0 radical (unpaired) electrons. The number of rotatable bonds is 5. The first kappa shape index (κ1) is 19.6. The highest BCUT2D eigenvalue weighted by Crippen LogP contribution is 2.31. The second-order valence-corrected chi connectivity index (χ2v) is 7.44. The highest BCUT2D eigenvalue weighted by molar-refractivity contribution is 5.71. The molecule has 146 valence electrons. The van der Waals surface area contributed by atoms with Gasteiger partial charge in [0, 0.05) is 18.0 Å². The Morgan fingerprint density at radius 3 is 2.50 bits per heavy atom. The third-order valence-corrected chi connectivity index (χ3v) is 4.10. The fourth-order valence-corrected chi connectivity index (χ4v) is 2.88. The maximum Gasteiger partial charge on any atom is 0.407 e. The van der Waals surface area contributed by atoms with Gasteiger partial charge < -0.3 is 15.8 Å². The predicted octanol–water partition coefficient (Wildman–Crippen LogP) is 3.54. The molecule has 0 bridgehead atoms. The predicted molar refractivity (Wildman–Crippen MR) is 107 cm³/mol. The van der Waals surface area contributed by atoms with Gasteiger partial charge in [0.05, 0.1) is 24.0 Å². The first-order valence-electron chi connectivity index (χ1n) is 9.10. The fraction of sp³-hybridized carbons (Fsp3) is 0.286. The van der Waals surface area contributed by atoms with Crippen LogP contribution in [0.2, 0.25) is 0 Å². The molecule has 0 spiro atoms. The Hall–Kier alpha value is -3.19. The fourth-order valence-electron chi connectivity index (χ4n) is 2.88. The van der Waals surface area contributed by atoms with Crippen molar-refractivity contribution in [2.75, 3.05) is 0 Å². The van der Waals surface area contributed by atoms with Crippen LogP contribution in [0.4, 0.5) is 4.79 Å². The molecule has 1 atom stereocenters. The van der Waals surface area contributed by atoms with E-state index in [0.717, 1.165) is 22.4 Å². The second kappa shape index (κ2) is 8.22. The van der Waals surface area contributed by atoms with E-state index in [0.29, 0.717) is 5.69 Å². The van der Waals surface area contributed by atoms with Crippen molar-refractivity contribution in [1.82, 2.24) is 20.5 Å². The number of aromatic amines is 1. The van der Waals surface area contributed by atoms with E-state index >= 15 is 0 Å². The number of hydrogen-bond donors (Lipinski definition) is 3. The zero-order valence-electron chi connectivity index (χ0n) is 16.3. The average Bonchev–Trinajstić information content (AvgIpc) is 3.10. The molecule has 7 nitrogen and oxygen atoms in total. The molecule has 3 aromatic rings. The van der Waals surface area contributed by atoms with Crippen LogP contribution in [0.5, 0.6) is 0 Å². The number of nitrogens with zero attached hydrogens (tertiary/aromatic N) is 2. The van der Waals surface area contributed by atoms with Gasteiger partial charge >= 0.3 is 6.09 Å². The summed E-state index contributed by atoms with van der Waals surface area (Å²) in [6.07, 6.45) is 2.94. The highest BCUT2D eigenvalue weighted by Gasteiger charge is 2.22. The summed E-state index contributed by atoms with van der Waals surface area (Å²) in [7, 11) is 0. The van der Waals surface area contributed by atoms with Crippen LogP contribution in [-0.4, -0.2) is 26.9 Å². The molecule has 28 heavy (non-hydrogen) atoms. The standard InChI is InChI=1S/C21H25N5O2/c1-21(2,3)28-20(27)24-13-16-17(14-9-11-23-12-10-14)19(26-25-16)18(22)15-7-5-4-6-8-15/h4-12,18H,13,22H2,1-3H3,(H,24,27)(H,25,26). The summed E-state index contributed by atoms with van der Waals surface area (Å²) in [5.74, 6) is 0. The summed E-state index contributed by atoms with van der Waals surface area (Å²) in [6, 6.07) is 13.1. The zero-order chi connectivity index (χ0) is 20.1. The van der Waals surface area contributed by atoms with Gasteiger partial charge in [-0.05, 0) is 44.0 Å². The Morgan fingerprint density at radius 1 is 1.18 bits per heavy atom. The van der Waals surface area contributed by atoms with Gasteiger partial charge in [-0.2, -0.15) is 5.10 Å². The molecular weight excluding hydrogens is 354 g/mol. The summed E-state index contributed by atoms with van der Waals surface area (Å²) in [4.78, 5) is 16.1. The van der Waals surface area contributed by atoms with E-state index in [1.807, 2.05) is 63.2 Å². The summed E-state index contributed by atoms with van der Waals surface area (Å²) >= 11 is 0. The normalized spacial score (nSPS) is 12.4. The molecule has 1 aromatic carbocycles. The molecule has 2 heterocycles. The molecular formula is C21H25N5O2. The molecule has 0 saturated carbocycles. The molecule has 0 aliphatic heterocycles. The van der Waals surface area contributed by atoms with E-state index in [1.165, 1.54) is 0 Å². The van der Waals surface area contributed by atoms with Crippen LogP contribution in [0.1, 0.15) is 43.8 Å². The number of nitrogens with two attached hydrogens (primary N) is 1. The van der Waals surface area contributed by atoms with Crippen molar-refractivity contribution < 1.29 is 9.53 Å². The highest BCUT2D eigenvalue weighted by atomic mass is 16.6. The Bertz CT molecular complexity index is 917. The average molecular weight is 379 g/mol. The molecule has 0 aliphatic rings. The van der Waals surface area contributed by atoms with Gasteiger partial charge in [0.1, 0.15) is 5.60 Å². The van der Waals surface area contributed by atoms with E-state index in [9.17, 15) is 4.79 Å². The van der Waals surface area contributed by atoms with Gasteiger partial charge in [-0.15, -0.1) is 0 Å².